The van der Waals surface area contributed by atoms with Crippen molar-refractivity contribution >= 4 is 35.3 Å². The number of carboxylic acid groups (broad SMARTS) is 2. The number of anilines is 1. The van der Waals surface area contributed by atoms with Crippen molar-refractivity contribution in [3.05, 3.63) is 59.2 Å². The molecule has 11 heteroatoms. The maximum absolute atomic E-state index is 13.1. The molecule has 1 aliphatic heterocycles. The summed E-state index contributed by atoms with van der Waals surface area (Å²) in [4.78, 5) is 48.4. The first kappa shape index (κ1) is 26.8. The summed E-state index contributed by atoms with van der Waals surface area (Å²) in [6.45, 7) is 3.30. The van der Waals surface area contributed by atoms with Crippen molar-refractivity contribution in [2.75, 3.05) is 24.5 Å². The first-order valence-electron chi connectivity index (χ1n) is 10.7. The number of rotatable bonds is 8. The Labute approximate surface area is 202 Å². The fourth-order valence-corrected chi connectivity index (χ4v) is 3.34. The van der Waals surface area contributed by atoms with Gasteiger partial charge in [0, 0.05) is 25.6 Å². The second-order valence-electron chi connectivity index (χ2n) is 7.61. The van der Waals surface area contributed by atoms with Crippen molar-refractivity contribution in [2.45, 2.75) is 26.9 Å². The number of hydrogen-bond donors (Lipinski definition) is 4. The number of aliphatic carboxylic acids is 2. The molecule has 0 spiro atoms. The standard InChI is InChI=1S/C22H24N4O5.C2H4O2/c1-2-26-18-8-7-16(31-13-14-3-5-15(6-4-14)21(23)24)11-17(18)22(30)25(12-19(26)27)10-9-20(28)29;1-2(3)4/h3-8,11H,2,9-10,12-13H2,1H3,(H3,23,24)(H,28,29);1H3,(H,3,4). The van der Waals surface area contributed by atoms with Gasteiger partial charge >= 0.3 is 5.97 Å². The van der Waals surface area contributed by atoms with Crippen LogP contribution in [0.15, 0.2) is 42.5 Å². The molecule has 35 heavy (non-hydrogen) atoms. The third kappa shape index (κ3) is 7.56. The second-order valence-corrected chi connectivity index (χ2v) is 7.61. The Kier molecular flexibility index (Phi) is 9.33. The van der Waals surface area contributed by atoms with E-state index in [1.165, 1.54) is 9.80 Å². The lowest BCUT2D eigenvalue weighted by Crippen LogP contribution is -2.40. The summed E-state index contributed by atoms with van der Waals surface area (Å²) < 4.78 is 5.82. The number of hydrogen-bond acceptors (Lipinski definition) is 6. The van der Waals surface area contributed by atoms with Crippen LogP contribution in [0.4, 0.5) is 5.69 Å². The maximum atomic E-state index is 13.1. The van der Waals surface area contributed by atoms with Crippen LogP contribution in [0.1, 0.15) is 41.8 Å². The predicted molar refractivity (Wildman–Crippen MR) is 128 cm³/mol. The number of nitrogen functional groups attached to an aromatic ring is 1. The molecule has 0 atom stereocenters. The summed E-state index contributed by atoms with van der Waals surface area (Å²) in [5.74, 6) is -2.11. The zero-order valence-electron chi connectivity index (χ0n) is 19.5. The number of amidine groups is 1. The molecule has 0 unspecified atom stereocenters. The highest BCUT2D eigenvalue weighted by Crippen LogP contribution is 2.30. The number of amides is 2. The van der Waals surface area contributed by atoms with E-state index in [1.54, 1.807) is 42.5 Å². The lowest BCUT2D eigenvalue weighted by atomic mass is 10.1. The molecule has 2 aromatic rings. The van der Waals surface area contributed by atoms with Gasteiger partial charge in [0.2, 0.25) is 5.91 Å². The molecule has 3 rings (SSSR count). The topological polar surface area (TPSA) is 174 Å². The minimum Gasteiger partial charge on any atom is -0.489 e. The van der Waals surface area contributed by atoms with Gasteiger partial charge in [-0.2, -0.15) is 0 Å². The maximum Gasteiger partial charge on any atom is 0.305 e. The second kappa shape index (κ2) is 12.2. The Balaban J connectivity index is 0.00000100. The van der Waals surface area contributed by atoms with E-state index in [-0.39, 0.29) is 37.9 Å². The van der Waals surface area contributed by atoms with E-state index in [0.717, 1.165) is 12.5 Å². The minimum absolute atomic E-state index is 0.0146. The number of nitrogens with zero attached hydrogens (tertiary/aromatic N) is 2. The number of carbonyl (C=O) groups is 4. The van der Waals surface area contributed by atoms with Crippen molar-refractivity contribution in [2.24, 2.45) is 5.73 Å². The van der Waals surface area contributed by atoms with Crippen molar-refractivity contribution in [3.63, 3.8) is 0 Å². The number of carboxylic acids is 2. The summed E-state index contributed by atoms with van der Waals surface area (Å²) in [6, 6.07) is 12.0. The molecule has 0 fully saturated rings. The summed E-state index contributed by atoms with van der Waals surface area (Å²) in [5.41, 5.74) is 7.71. The molecule has 0 radical (unpaired) electrons. The van der Waals surface area contributed by atoms with E-state index in [2.05, 4.69) is 0 Å². The number of carbonyl (C=O) groups excluding carboxylic acids is 2. The number of nitrogens with two attached hydrogens (primary N) is 1. The third-order valence-electron chi connectivity index (χ3n) is 4.99. The molecule has 11 nitrogen and oxygen atoms in total. The van der Waals surface area contributed by atoms with Crippen LogP contribution < -0.4 is 15.4 Å². The Bertz CT molecular complexity index is 1110. The molecule has 2 amide bonds. The Morgan fingerprint density at radius 3 is 2.29 bits per heavy atom. The van der Waals surface area contributed by atoms with E-state index in [4.69, 9.17) is 30.9 Å². The summed E-state index contributed by atoms with van der Waals surface area (Å²) in [7, 11) is 0. The van der Waals surface area contributed by atoms with Gasteiger partial charge in [-0.1, -0.05) is 24.3 Å². The lowest BCUT2D eigenvalue weighted by Gasteiger charge is -2.21. The van der Waals surface area contributed by atoms with Crippen molar-refractivity contribution < 1.29 is 34.1 Å². The van der Waals surface area contributed by atoms with E-state index < -0.39 is 17.8 Å². The minimum atomic E-state index is -1.04. The smallest absolute Gasteiger partial charge is 0.305 e. The highest BCUT2D eigenvalue weighted by Gasteiger charge is 2.31. The molecule has 186 valence electrons. The SMILES string of the molecule is CC(=O)O.CCN1C(=O)CN(CCC(=O)O)C(=O)c2cc(OCc3ccc(C(=N)N)cc3)ccc21. The van der Waals surface area contributed by atoms with Crippen LogP contribution in [0.5, 0.6) is 5.75 Å². The van der Waals surface area contributed by atoms with Gasteiger partial charge in [0.05, 0.1) is 17.7 Å². The number of fused-ring (bicyclic) bond motifs is 1. The Morgan fingerprint density at radius 2 is 1.74 bits per heavy atom. The van der Waals surface area contributed by atoms with Gasteiger partial charge in [-0.3, -0.25) is 24.6 Å². The summed E-state index contributed by atoms with van der Waals surface area (Å²) in [6.07, 6.45) is -0.243. The zero-order valence-corrected chi connectivity index (χ0v) is 19.5. The number of nitrogens with one attached hydrogen (secondary N) is 1. The van der Waals surface area contributed by atoms with Gasteiger partial charge in [0.15, 0.2) is 0 Å². The van der Waals surface area contributed by atoms with Gasteiger partial charge in [0.1, 0.15) is 24.7 Å². The van der Waals surface area contributed by atoms with Gasteiger partial charge in [-0.05, 0) is 30.7 Å². The van der Waals surface area contributed by atoms with E-state index >= 15 is 0 Å². The van der Waals surface area contributed by atoms with Crippen molar-refractivity contribution in [3.8, 4) is 5.75 Å². The van der Waals surface area contributed by atoms with Crippen LogP contribution in [0.3, 0.4) is 0 Å². The van der Waals surface area contributed by atoms with Gasteiger partial charge in [-0.15, -0.1) is 0 Å². The first-order valence-corrected chi connectivity index (χ1v) is 10.7. The van der Waals surface area contributed by atoms with Gasteiger partial charge in [-0.25, -0.2) is 0 Å². The monoisotopic (exact) mass is 484 g/mol. The first-order chi connectivity index (χ1) is 16.5. The fourth-order valence-electron chi connectivity index (χ4n) is 3.34. The third-order valence-corrected chi connectivity index (χ3v) is 4.99. The van der Waals surface area contributed by atoms with Gasteiger partial charge in [0.25, 0.3) is 11.9 Å². The highest BCUT2D eigenvalue weighted by molar-refractivity contribution is 6.10. The molecular weight excluding hydrogens is 456 g/mol. The van der Waals surface area contributed by atoms with Crippen LogP contribution in [0.25, 0.3) is 0 Å². The highest BCUT2D eigenvalue weighted by atomic mass is 16.5. The van der Waals surface area contributed by atoms with Crippen LogP contribution in [0.2, 0.25) is 0 Å². The Morgan fingerprint density at radius 1 is 1.11 bits per heavy atom. The van der Waals surface area contributed by atoms with Crippen LogP contribution in [-0.2, 0) is 21.0 Å². The molecule has 0 bridgehead atoms. The number of ether oxygens (including phenoxy) is 1. The average Bonchev–Trinajstić information content (AvgIpc) is 2.90. The quantitative estimate of drug-likeness (QED) is 0.325. The number of likely N-dealkylation sites (N-methyl/N-ethyl adjacent to an activating group) is 1. The fraction of sp³-hybridized carbons (Fsp3) is 0.292. The number of benzene rings is 2. The molecule has 1 heterocycles. The molecule has 1 aliphatic rings. The van der Waals surface area contributed by atoms with Crippen LogP contribution in [-0.4, -0.2) is 64.3 Å². The molecule has 0 saturated heterocycles. The lowest BCUT2D eigenvalue weighted by molar-refractivity contribution is -0.137. The van der Waals surface area contributed by atoms with Crippen LogP contribution in [0, 0.1) is 5.41 Å². The average molecular weight is 485 g/mol. The molecule has 0 aliphatic carbocycles. The van der Waals surface area contributed by atoms with Crippen molar-refractivity contribution in [1.29, 1.82) is 5.41 Å². The summed E-state index contributed by atoms with van der Waals surface area (Å²) in [5, 5.41) is 23.8. The van der Waals surface area contributed by atoms with Crippen LogP contribution >= 0.6 is 0 Å². The Hall–Kier alpha value is -4.41. The van der Waals surface area contributed by atoms with E-state index in [9.17, 15) is 14.4 Å². The molecule has 5 N–H and O–H groups in total. The molecule has 0 aromatic heterocycles. The normalized spacial score (nSPS) is 12.7. The van der Waals surface area contributed by atoms with E-state index in [1.807, 2.05) is 6.92 Å². The van der Waals surface area contributed by atoms with E-state index in [0.29, 0.717) is 29.1 Å². The van der Waals surface area contributed by atoms with Crippen molar-refractivity contribution in [1.82, 2.24) is 4.90 Å². The molecule has 0 saturated carbocycles. The largest absolute Gasteiger partial charge is 0.489 e. The summed E-state index contributed by atoms with van der Waals surface area (Å²) >= 11 is 0. The predicted octanol–water partition coefficient (Wildman–Crippen LogP) is 1.92. The van der Waals surface area contributed by atoms with Gasteiger partial charge < -0.3 is 30.5 Å². The molecule has 2 aromatic carbocycles. The molecular formula is C24H28N4O7. The zero-order chi connectivity index (χ0) is 26.1.